The lowest BCUT2D eigenvalue weighted by Gasteiger charge is -2.18. The van der Waals surface area contributed by atoms with E-state index in [9.17, 15) is 14.4 Å². The number of hydrogen-bond donors (Lipinski definition) is 0. The van der Waals surface area contributed by atoms with Crippen molar-refractivity contribution < 1.29 is 28.6 Å². The molecule has 0 aliphatic heterocycles. The monoisotopic (exact) mass is 837 g/mol. The second kappa shape index (κ2) is 48.5. The number of hydrogen-bond acceptors (Lipinski definition) is 6. The topological polar surface area (TPSA) is 78.9 Å². The van der Waals surface area contributed by atoms with Crippen molar-refractivity contribution in [2.45, 2.75) is 239 Å². The fraction of sp³-hybridized carbons (Fsp3) is 0.722. The van der Waals surface area contributed by atoms with Crippen LogP contribution in [0.4, 0.5) is 0 Å². The number of esters is 3. The number of ether oxygens (including phenoxy) is 3. The third-order valence-electron chi connectivity index (χ3n) is 10.5. The number of unbranched alkanes of at least 4 members (excludes halogenated alkanes) is 22. The quantitative estimate of drug-likeness (QED) is 0.0200. The first-order valence-electron chi connectivity index (χ1n) is 25.0. The molecule has 6 nitrogen and oxygen atoms in total. The van der Waals surface area contributed by atoms with E-state index in [-0.39, 0.29) is 31.1 Å². The Kier molecular flexibility index (Phi) is 46.0. The van der Waals surface area contributed by atoms with Crippen LogP contribution in [0.15, 0.2) is 72.9 Å². The van der Waals surface area contributed by atoms with Crippen LogP contribution in [0, 0.1) is 0 Å². The van der Waals surface area contributed by atoms with Crippen molar-refractivity contribution in [1.82, 2.24) is 0 Å². The van der Waals surface area contributed by atoms with Crippen LogP contribution in [0.2, 0.25) is 0 Å². The molecule has 0 saturated heterocycles. The van der Waals surface area contributed by atoms with E-state index in [4.69, 9.17) is 14.2 Å². The van der Waals surface area contributed by atoms with Crippen molar-refractivity contribution in [1.29, 1.82) is 0 Å². The second-order valence-corrected chi connectivity index (χ2v) is 16.4. The summed E-state index contributed by atoms with van der Waals surface area (Å²) in [6.45, 7) is 6.42. The Hall–Kier alpha value is -3.15. The molecule has 0 saturated carbocycles. The van der Waals surface area contributed by atoms with Crippen LogP contribution in [0.1, 0.15) is 233 Å². The van der Waals surface area contributed by atoms with Gasteiger partial charge in [0.05, 0.1) is 0 Å². The van der Waals surface area contributed by atoms with Gasteiger partial charge in [0.15, 0.2) is 6.10 Å². The Bertz CT molecular complexity index is 1140. The maximum atomic E-state index is 12.8. The molecule has 1 atom stereocenters. The van der Waals surface area contributed by atoms with E-state index >= 15 is 0 Å². The van der Waals surface area contributed by atoms with Crippen LogP contribution in [-0.4, -0.2) is 37.2 Å². The maximum absolute atomic E-state index is 12.8. The molecular weight excluding hydrogens is 745 g/mol. The maximum Gasteiger partial charge on any atom is 0.306 e. The molecule has 0 rings (SSSR count). The van der Waals surface area contributed by atoms with Crippen LogP contribution >= 0.6 is 0 Å². The molecule has 0 aromatic rings. The zero-order valence-corrected chi connectivity index (χ0v) is 39.2. The summed E-state index contributed by atoms with van der Waals surface area (Å²) >= 11 is 0. The van der Waals surface area contributed by atoms with E-state index in [2.05, 4.69) is 93.7 Å². The molecule has 6 heteroatoms. The van der Waals surface area contributed by atoms with Gasteiger partial charge < -0.3 is 14.2 Å². The highest BCUT2D eigenvalue weighted by Crippen LogP contribution is 2.15. The lowest BCUT2D eigenvalue weighted by atomic mass is 10.0. The van der Waals surface area contributed by atoms with Crippen LogP contribution in [-0.2, 0) is 28.6 Å². The lowest BCUT2D eigenvalue weighted by molar-refractivity contribution is -0.167. The first-order chi connectivity index (χ1) is 29.5. The number of allylic oxidation sites excluding steroid dienone is 12. The van der Waals surface area contributed by atoms with Gasteiger partial charge in [0.2, 0.25) is 0 Å². The fourth-order valence-electron chi connectivity index (χ4n) is 6.70. The molecule has 0 aliphatic carbocycles. The van der Waals surface area contributed by atoms with Gasteiger partial charge in [-0.15, -0.1) is 0 Å². The molecule has 344 valence electrons. The molecule has 1 unspecified atom stereocenters. The standard InChI is InChI=1S/C54H92O6/c1-4-7-10-13-16-19-22-24-26-28-29-32-35-38-41-44-47-53(56)59-50-51(49-58-52(55)46-43-40-37-34-31-21-18-15-12-9-6-3)60-54(57)48-45-42-39-36-33-30-27-25-23-20-17-14-11-8-5-2/h7,10,15-16,18-19,21,24,26,29,31-32,51H,4-6,8-9,11-14,17,20,22-23,25,27-28,30,33-50H2,1-3H3/b10-7-,18-15-,19-16-,26-24-,31-21-,32-29-. The van der Waals surface area contributed by atoms with Gasteiger partial charge in [-0.1, -0.05) is 209 Å². The molecule has 0 aliphatic rings. The largest absolute Gasteiger partial charge is 0.462 e. The lowest BCUT2D eigenvalue weighted by Crippen LogP contribution is -2.30. The van der Waals surface area contributed by atoms with Crippen LogP contribution in [0.3, 0.4) is 0 Å². The second-order valence-electron chi connectivity index (χ2n) is 16.4. The van der Waals surface area contributed by atoms with Gasteiger partial charge in [0.1, 0.15) is 13.2 Å². The summed E-state index contributed by atoms with van der Waals surface area (Å²) in [5, 5.41) is 0. The summed E-state index contributed by atoms with van der Waals surface area (Å²) in [4.78, 5) is 37.9. The van der Waals surface area contributed by atoms with Gasteiger partial charge in [-0.25, -0.2) is 0 Å². The normalized spacial score (nSPS) is 12.7. The van der Waals surface area contributed by atoms with E-state index in [0.717, 1.165) is 103 Å². The van der Waals surface area contributed by atoms with Crippen LogP contribution < -0.4 is 0 Å². The average Bonchev–Trinajstić information content (AvgIpc) is 3.24. The van der Waals surface area contributed by atoms with Gasteiger partial charge in [0.25, 0.3) is 0 Å². The van der Waals surface area contributed by atoms with Crippen molar-refractivity contribution in [3.8, 4) is 0 Å². The summed E-state index contributed by atoms with van der Waals surface area (Å²) in [5.74, 6) is -0.954. The zero-order valence-electron chi connectivity index (χ0n) is 39.2. The molecule has 0 fully saturated rings. The summed E-state index contributed by atoms with van der Waals surface area (Å²) in [7, 11) is 0. The summed E-state index contributed by atoms with van der Waals surface area (Å²) < 4.78 is 16.7. The Morgan fingerprint density at radius 2 is 0.717 bits per heavy atom. The van der Waals surface area contributed by atoms with Gasteiger partial charge in [-0.05, 0) is 77.0 Å². The highest BCUT2D eigenvalue weighted by atomic mass is 16.6. The molecule has 0 radical (unpaired) electrons. The third kappa shape index (κ3) is 45.9. The molecular formula is C54H92O6. The zero-order chi connectivity index (χ0) is 43.7. The predicted octanol–water partition coefficient (Wildman–Crippen LogP) is 16.3. The average molecular weight is 837 g/mol. The Morgan fingerprint density at radius 1 is 0.367 bits per heavy atom. The first-order valence-corrected chi connectivity index (χ1v) is 25.0. The minimum Gasteiger partial charge on any atom is -0.462 e. The van der Waals surface area contributed by atoms with Gasteiger partial charge in [0, 0.05) is 19.3 Å². The summed E-state index contributed by atoms with van der Waals surface area (Å²) in [6.07, 6.45) is 60.3. The van der Waals surface area contributed by atoms with Crippen molar-refractivity contribution in [3.05, 3.63) is 72.9 Å². The minimum atomic E-state index is -0.796. The molecule has 0 amide bonds. The van der Waals surface area contributed by atoms with Gasteiger partial charge >= 0.3 is 17.9 Å². The van der Waals surface area contributed by atoms with Crippen LogP contribution in [0.25, 0.3) is 0 Å². The number of rotatable bonds is 44. The van der Waals surface area contributed by atoms with Gasteiger partial charge in [-0.2, -0.15) is 0 Å². The van der Waals surface area contributed by atoms with Crippen molar-refractivity contribution >= 4 is 17.9 Å². The highest BCUT2D eigenvalue weighted by Gasteiger charge is 2.19. The Morgan fingerprint density at radius 3 is 1.17 bits per heavy atom. The third-order valence-corrected chi connectivity index (χ3v) is 10.5. The molecule has 60 heavy (non-hydrogen) atoms. The molecule has 0 bridgehead atoms. The molecule has 0 spiro atoms. The number of carbonyl (C=O) groups excluding carboxylic acids is 3. The SMILES string of the molecule is CC/C=C\C/C=C\C/C=C\C/C=C\CCCCCC(=O)OCC(COC(=O)CCCCC/C=C\C=C/CCCC)OC(=O)CCCCCCCCCCCCCCCCC. The predicted molar refractivity (Wildman–Crippen MR) is 256 cm³/mol. The van der Waals surface area contributed by atoms with Crippen molar-refractivity contribution in [2.75, 3.05) is 13.2 Å². The summed E-state index contributed by atoms with van der Waals surface area (Å²) in [5.41, 5.74) is 0. The minimum absolute atomic E-state index is 0.0985. The van der Waals surface area contributed by atoms with Gasteiger partial charge in [-0.3, -0.25) is 14.4 Å². The van der Waals surface area contributed by atoms with Crippen molar-refractivity contribution in [2.24, 2.45) is 0 Å². The smallest absolute Gasteiger partial charge is 0.306 e. The Labute approximate surface area is 370 Å². The van der Waals surface area contributed by atoms with E-state index in [0.29, 0.717) is 19.3 Å². The van der Waals surface area contributed by atoms with E-state index < -0.39 is 6.10 Å². The molecule has 0 N–H and O–H groups in total. The summed E-state index contributed by atoms with van der Waals surface area (Å²) in [6, 6.07) is 0. The first kappa shape index (κ1) is 56.9. The Balaban J connectivity index is 4.44. The van der Waals surface area contributed by atoms with E-state index in [1.165, 1.54) is 89.9 Å². The molecule has 0 heterocycles. The highest BCUT2D eigenvalue weighted by molar-refractivity contribution is 5.71. The molecule has 0 aromatic carbocycles. The molecule has 0 aromatic heterocycles. The number of carbonyl (C=O) groups is 3. The fourth-order valence-corrected chi connectivity index (χ4v) is 6.70. The van der Waals surface area contributed by atoms with E-state index in [1.54, 1.807) is 0 Å². The van der Waals surface area contributed by atoms with Crippen molar-refractivity contribution in [3.63, 3.8) is 0 Å². The van der Waals surface area contributed by atoms with Crippen LogP contribution in [0.5, 0.6) is 0 Å². The van der Waals surface area contributed by atoms with E-state index in [1.807, 2.05) is 0 Å².